The quantitative estimate of drug-likeness (QED) is 0.626. The Bertz CT molecular complexity index is 933. The molecule has 3 aromatic carbocycles. The number of hydrogen-bond donors (Lipinski definition) is 3. The highest BCUT2D eigenvalue weighted by atomic mass is 16.5. The lowest BCUT2D eigenvalue weighted by atomic mass is 10.0. The maximum atomic E-state index is 11.6. The molecule has 0 aromatic heterocycles. The third-order valence-electron chi connectivity index (χ3n) is 4.06. The average molecular weight is 350 g/mol. The first-order valence-corrected chi connectivity index (χ1v) is 8.08. The van der Waals surface area contributed by atoms with Gasteiger partial charge in [-0.05, 0) is 29.3 Å². The lowest BCUT2D eigenvalue weighted by molar-refractivity contribution is 0.0691. The normalized spacial score (nSPS) is 10.5. The van der Waals surface area contributed by atoms with Crippen LogP contribution in [0.1, 0.15) is 27.0 Å². The van der Waals surface area contributed by atoms with E-state index in [2.05, 4.69) is 0 Å². The third-order valence-corrected chi connectivity index (χ3v) is 4.06. The highest BCUT2D eigenvalue weighted by Crippen LogP contribution is 2.30. The van der Waals surface area contributed by atoms with Crippen molar-refractivity contribution in [3.05, 3.63) is 89.0 Å². The Hall–Kier alpha value is -3.47. The molecule has 0 aliphatic carbocycles. The smallest absolute Gasteiger partial charge is 0.339 e. The molecule has 3 rings (SSSR count). The van der Waals surface area contributed by atoms with E-state index in [9.17, 15) is 20.1 Å². The SMILES string of the molecule is O=C(O)c1cccc(Cc2ccccc2O)c1OCc1ccccc1O. The second kappa shape index (κ2) is 7.61. The van der Waals surface area contributed by atoms with Crippen molar-refractivity contribution in [1.82, 2.24) is 0 Å². The van der Waals surface area contributed by atoms with Crippen LogP contribution in [0.5, 0.6) is 17.2 Å². The summed E-state index contributed by atoms with van der Waals surface area (Å²) in [6.45, 7) is 0.0325. The first kappa shape index (κ1) is 17.4. The molecular weight excluding hydrogens is 332 g/mol. The zero-order valence-corrected chi connectivity index (χ0v) is 13.9. The molecule has 0 unspecified atom stereocenters. The molecular formula is C21H18O5. The van der Waals surface area contributed by atoms with E-state index < -0.39 is 5.97 Å². The van der Waals surface area contributed by atoms with Crippen LogP contribution in [0.2, 0.25) is 0 Å². The molecule has 5 heteroatoms. The van der Waals surface area contributed by atoms with Crippen molar-refractivity contribution in [1.29, 1.82) is 0 Å². The summed E-state index contributed by atoms with van der Waals surface area (Å²) in [5.74, 6) is -0.648. The summed E-state index contributed by atoms with van der Waals surface area (Å²) in [5.41, 5.74) is 1.90. The Morgan fingerprint density at radius 3 is 1.96 bits per heavy atom. The highest BCUT2D eigenvalue weighted by molar-refractivity contribution is 5.91. The number of phenols is 2. The molecule has 0 amide bonds. The van der Waals surface area contributed by atoms with Crippen molar-refractivity contribution >= 4 is 5.97 Å². The number of aromatic carboxylic acids is 1. The van der Waals surface area contributed by atoms with Crippen LogP contribution in [0, 0.1) is 0 Å². The molecule has 3 aromatic rings. The number of aromatic hydroxyl groups is 2. The van der Waals surface area contributed by atoms with Crippen LogP contribution in [0.15, 0.2) is 66.7 Å². The molecule has 26 heavy (non-hydrogen) atoms. The van der Waals surface area contributed by atoms with Crippen molar-refractivity contribution in [2.75, 3.05) is 0 Å². The Balaban J connectivity index is 1.95. The topological polar surface area (TPSA) is 87.0 Å². The molecule has 0 fully saturated rings. The van der Waals surface area contributed by atoms with Crippen molar-refractivity contribution < 1.29 is 24.9 Å². The number of para-hydroxylation sites is 3. The molecule has 0 spiro atoms. The summed E-state index contributed by atoms with van der Waals surface area (Å²) < 4.78 is 5.79. The van der Waals surface area contributed by atoms with E-state index in [1.54, 1.807) is 60.7 Å². The number of carboxylic acids is 1. The van der Waals surface area contributed by atoms with Gasteiger partial charge in [0.2, 0.25) is 0 Å². The van der Waals surface area contributed by atoms with E-state index in [0.29, 0.717) is 23.1 Å². The Morgan fingerprint density at radius 1 is 0.769 bits per heavy atom. The van der Waals surface area contributed by atoms with Gasteiger partial charge in [0.25, 0.3) is 0 Å². The molecule has 0 heterocycles. The summed E-state index contributed by atoms with van der Waals surface area (Å²) in [7, 11) is 0. The van der Waals surface area contributed by atoms with Crippen molar-refractivity contribution in [3.8, 4) is 17.2 Å². The monoisotopic (exact) mass is 350 g/mol. The molecule has 132 valence electrons. The minimum absolute atomic E-state index is 0.0325. The van der Waals surface area contributed by atoms with Gasteiger partial charge in [-0.3, -0.25) is 0 Å². The predicted octanol–water partition coefficient (Wildman–Crippen LogP) is 3.97. The zero-order valence-electron chi connectivity index (χ0n) is 13.9. The van der Waals surface area contributed by atoms with Gasteiger partial charge >= 0.3 is 5.97 Å². The van der Waals surface area contributed by atoms with Crippen LogP contribution in [-0.2, 0) is 13.0 Å². The second-order valence-corrected chi connectivity index (χ2v) is 5.82. The van der Waals surface area contributed by atoms with Crippen LogP contribution < -0.4 is 4.74 Å². The van der Waals surface area contributed by atoms with Gasteiger partial charge in [0.05, 0.1) is 0 Å². The van der Waals surface area contributed by atoms with Gasteiger partial charge in [-0.2, -0.15) is 0 Å². The van der Waals surface area contributed by atoms with Crippen LogP contribution in [-0.4, -0.2) is 21.3 Å². The fourth-order valence-corrected chi connectivity index (χ4v) is 2.71. The average Bonchev–Trinajstić information content (AvgIpc) is 2.63. The molecule has 0 aliphatic heterocycles. The highest BCUT2D eigenvalue weighted by Gasteiger charge is 2.17. The lowest BCUT2D eigenvalue weighted by Crippen LogP contribution is -2.07. The summed E-state index contributed by atoms with van der Waals surface area (Å²) in [5, 5.41) is 29.4. The molecule has 0 aliphatic rings. The number of hydrogen-bond acceptors (Lipinski definition) is 4. The van der Waals surface area contributed by atoms with E-state index >= 15 is 0 Å². The second-order valence-electron chi connectivity index (χ2n) is 5.82. The zero-order chi connectivity index (χ0) is 18.5. The number of ether oxygens (including phenoxy) is 1. The minimum Gasteiger partial charge on any atom is -0.508 e. The summed E-state index contributed by atoms with van der Waals surface area (Å²) in [4.78, 5) is 11.6. The number of carboxylic acid groups (broad SMARTS) is 1. The van der Waals surface area contributed by atoms with Crippen molar-refractivity contribution in [2.45, 2.75) is 13.0 Å². The number of phenolic OH excluding ortho intramolecular Hbond substituents is 2. The third kappa shape index (κ3) is 3.78. The molecule has 5 nitrogen and oxygen atoms in total. The predicted molar refractivity (Wildman–Crippen MR) is 96.8 cm³/mol. The number of benzene rings is 3. The van der Waals surface area contributed by atoms with Crippen molar-refractivity contribution in [3.63, 3.8) is 0 Å². The van der Waals surface area contributed by atoms with E-state index in [-0.39, 0.29) is 29.4 Å². The Morgan fingerprint density at radius 2 is 1.35 bits per heavy atom. The van der Waals surface area contributed by atoms with E-state index in [4.69, 9.17) is 4.74 Å². The van der Waals surface area contributed by atoms with E-state index in [1.807, 2.05) is 0 Å². The number of rotatable bonds is 6. The summed E-state index contributed by atoms with van der Waals surface area (Å²) in [6.07, 6.45) is 0.323. The van der Waals surface area contributed by atoms with Crippen molar-refractivity contribution in [2.24, 2.45) is 0 Å². The molecule has 0 bridgehead atoms. The largest absolute Gasteiger partial charge is 0.508 e. The summed E-state index contributed by atoms with van der Waals surface area (Å²) >= 11 is 0. The maximum Gasteiger partial charge on any atom is 0.339 e. The fourth-order valence-electron chi connectivity index (χ4n) is 2.71. The van der Waals surface area contributed by atoms with Gasteiger partial charge in [-0.15, -0.1) is 0 Å². The van der Waals surface area contributed by atoms with Gasteiger partial charge in [0.1, 0.15) is 29.4 Å². The fraction of sp³-hybridized carbons (Fsp3) is 0.0952. The lowest BCUT2D eigenvalue weighted by Gasteiger charge is -2.15. The van der Waals surface area contributed by atoms with Crippen LogP contribution in [0.3, 0.4) is 0 Å². The van der Waals surface area contributed by atoms with Crippen LogP contribution >= 0.6 is 0 Å². The van der Waals surface area contributed by atoms with E-state index in [0.717, 1.165) is 0 Å². The van der Waals surface area contributed by atoms with Crippen LogP contribution in [0.4, 0.5) is 0 Å². The maximum absolute atomic E-state index is 11.6. The van der Waals surface area contributed by atoms with Gasteiger partial charge < -0.3 is 20.1 Å². The Labute approximate surface area is 150 Å². The molecule has 0 saturated carbocycles. The van der Waals surface area contributed by atoms with Crippen LogP contribution in [0.25, 0.3) is 0 Å². The molecule has 0 saturated heterocycles. The Kier molecular flexibility index (Phi) is 5.08. The first-order chi connectivity index (χ1) is 12.6. The molecule has 3 N–H and O–H groups in total. The van der Waals surface area contributed by atoms with Gasteiger partial charge in [-0.1, -0.05) is 48.5 Å². The first-order valence-electron chi connectivity index (χ1n) is 8.08. The van der Waals surface area contributed by atoms with Gasteiger partial charge in [0.15, 0.2) is 0 Å². The van der Waals surface area contributed by atoms with Gasteiger partial charge in [0, 0.05) is 12.0 Å². The van der Waals surface area contributed by atoms with E-state index in [1.165, 1.54) is 6.07 Å². The minimum atomic E-state index is -1.10. The molecule has 0 radical (unpaired) electrons. The standard InChI is InChI=1S/C21H18O5/c22-18-10-3-1-6-14(18)12-15-8-5-9-17(21(24)25)20(15)26-13-16-7-2-4-11-19(16)23/h1-11,22-23H,12-13H2,(H,24,25). The summed E-state index contributed by atoms with van der Waals surface area (Å²) in [6, 6.07) is 18.5. The van der Waals surface area contributed by atoms with Gasteiger partial charge in [-0.25, -0.2) is 4.79 Å². The molecule has 0 atom stereocenters. The number of carbonyl (C=O) groups is 1.